The van der Waals surface area contributed by atoms with E-state index in [-0.39, 0.29) is 0 Å². The van der Waals surface area contributed by atoms with E-state index in [1.54, 1.807) is 0 Å². The number of benzene rings is 9. The van der Waals surface area contributed by atoms with Gasteiger partial charge < -0.3 is 14.2 Å². The fourth-order valence-electron chi connectivity index (χ4n) is 8.32. The topological polar surface area (TPSA) is 32.5 Å². The van der Waals surface area contributed by atoms with Gasteiger partial charge in [-0.05, 0) is 118 Å². The lowest BCUT2D eigenvalue weighted by atomic mass is 10.0. The van der Waals surface area contributed by atoms with Crippen LogP contribution >= 0.6 is 0 Å². The molecule has 11 rings (SSSR count). The number of nitrogens with zero attached hydrogens (tertiary/aromatic N) is 3. The van der Waals surface area contributed by atoms with Gasteiger partial charge in [0.1, 0.15) is 5.58 Å². The Morgan fingerprint density at radius 2 is 0.895 bits per heavy atom. The first kappa shape index (κ1) is 32.7. The average Bonchev–Trinajstić information content (AvgIpc) is 3.69. The minimum Gasteiger partial charge on any atom is -0.453 e. The van der Waals surface area contributed by atoms with Crippen LogP contribution in [0.3, 0.4) is 0 Å². The molecule has 4 nitrogen and oxygen atoms in total. The number of fused-ring (bicyclic) bond motifs is 7. The summed E-state index contributed by atoms with van der Waals surface area (Å²) in [6, 6.07) is 73.3. The SMILES string of the molecule is c1ccc(-c2ccc(N(c3ccc4ccccc4c3)c3ccc(N(c4ccccc4)c4ccc5ccccc5c4)c4c3oc3c5cccnc5ccc34)cc2)cc1. The normalized spacial score (nSPS) is 11.5. The number of hydrogen-bond donors (Lipinski definition) is 0. The van der Waals surface area contributed by atoms with E-state index in [4.69, 9.17) is 9.40 Å². The molecule has 0 radical (unpaired) electrons. The monoisotopic (exact) mass is 729 g/mol. The smallest absolute Gasteiger partial charge is 0.161 e. The van der Waals surface area contributed by atoms with Crippen molar-refractivity contribution in [2.45, 2.75) is 0 Å². The molecule has 0 saturated carbocycles. The van der Waals surface area contributed by atoms with Crippen LogP contribution in [-0.4, -0.2) is 4.98 Å². The van der Waals surface area contributed by atoms with Crippen LogP contribution < -0.4 is 9.80 Å². The fourth-order valence-corrected chi connectivity index (χ4v) is 8.32. The van der Waals surface area contributed by atoms with Crippen LogP contribution in [0.1, 0.15) is 0 Å². The van der Waals surface area contributed by atoms with Gasteiger partial charge in [0.05, 0.1) is 22.3 Å². The molecular formula is C53H35N3O. The third kappa shape index (κ3) is 5.66. The molecule has 4 heteroatoms. The zero-order valence-electron chi connectivity index (χ0n) is 31.0. The van der Waals surface area contributed by atoms with Crippen molar-refractivity contribution in [1.82, 2.24) is 4.98 Å². The molecule has 2 heterocycles. The van der Waals surface area contributed by atoms with E-state index in [1.165, 1.54) is 27.1 Å². The summed E-state index contributed by atoms with van der Waals surface area (Å²) in [6.07, 6.45) is 1.84. The van der Waals surface area contributed by atoms with Crippen LogP contribution in [0.15, 0.2) is 217 Å². The van der Waals surface area contributed by atoms with Gasteiger partial charge in [-0.3, -0.25) is 4.98 Å². The molecule has 0 saturated heterocycles. The Bertz CT molecular complexity index is 3250. The van der Waals surface area contributed by atoms with Crippen LogP contribution in [0.4, 0.5) is 34.1 Å². The van der Waals surface area contributed by atoms with E-state index in [1.807, 2.05) is 12.3 Å². The van der Waals surface area contributed by atoms with Crippen molar-refractivity contribution < 1.29 is 4.42 Å². The molecule has 0 bridgehead atoms. The third-order valence-electron chi connectivity index (χ3n) is 11.0. The molecule has 0 atom stereocenters. The largest absolute Gasteiger partial charge is 0.453 e. The van der Waals surface area contributed by atoms with E-state index in [9.17, 15) is 0 Å². The predicted octanol–water partition coefficient (Wildman–Crippen LogP) is 15.0. The number of hydrogen-bond acceptors (Lipinski definition) is 4. The lowest BCUT2D eigenvalue weighted by molar-refractivity contribution is 0.672. The van der Waals surface area contributed by atoms with Crippen LogP contribution in [0.2, 0.25) is 0 Å². The molecule has 268 valence electrons. The lowest BCUT2D eigenvalue weighted by Crippen LogP contribution is -2.13. The molecule has 0 aliphatic rings. The highest BCUT2D eigenvalue weighted by Gasteiger charge is 2.26. The second-order valence-corrected chi connectivity index (χ2v) is 14.4. The summed E-state index contributed by atoms with van der Waals surface area (Å²) in [4.78, 5) is 9.41. The molecule has 0 unspecified atom stereocenters. The first-order chi connectivity index (χ1) is 28.3. The van der Waals surface area contributed by atoms with Gasteiger partial charge in [0.15, 0.2) is 5.58 Å². The summed E-state index contributed by atoms with van der Waals surface area (Å²) in [5, 5.41) is 7.77. The number of rotatable bonds is 7. The molecule has 2 aromatic heterocycles. The van der Waals surface area contributed by atoms with Crippen molar-refractivity contribution >= 4 is 88.5 Å². The molecule has 0 spiro atoms. The first-order valence-electron chi connectivity index (χ1n) is 19.3. The Morgan fingerprint density at radius 1 is 0.351 bits per heavy atom. The maximum atomic E-state index is 7.23. The van der Waals surface area contributed by atoms with Crippen molar-refractivity contribution in [3.8, 4) is 11.1 Å². The van der Waals surface area contributed by atoms with Crippen LogP contribution in [0.5, 0.6) is 0 Å². The number of aromatic nitrogens is 1. The summed E-state index contributed by atoms with van der Waals surface area (Å²) < 4.78 is 7.23. The molecule has 11 aromatic rings. The molecule has 9 aromatic carbocycles. The summed E-state index contributed by atoms with van der Waals surface area (Å²) in [5.41, 5.74) is 11.0. The van der Waals surface area contributed by atoms with E-state index < -0.39 is 0 Å². The predicted molar refractivity (Wildman–Crippen MR) is 239 cm³/mol. The Balaban J connectivity index is 1.21. The molecule has 57 heavy (non-hydrogen) atoms. The van der Waals surface area contributed by atoms with Crippen LogP contribution in [0.25, 0.3) is 65.5 Å². The van der Waals surface area contributed by atoms with Gasteiger partial charge in [-0.25, -0.2) is 0 Å². The number of para-hydroxylation sites is 1. The fraction of sp³-hybridized carbons (Fsp3) is 0. The minimum absolute atomic E-state index is 0.792. The first-order valence-corrected chi connectivity index (χ1v) is 19.3. The Labute approximate surface area is 330 Å². The van der Waals surface area contributed by atoms with Gasteiger partial charge in [0, 0.05) is 39.7 Å². The Hall–Kier alpha value is -7.69. The van der Waals surface area contributed by atoms with Crippen molar-refractivity contribution in [2.75, 3.05) is 9.80 Å². The maximum absolute atomic E-state index is 7.23. The quantitative estimate of drug-likeness (QED) is 0.163. The van der Waals surface area contributed by atoms with Gasteiger partial charge in [-0.1, -0.05) is 121 Å². The second kappa shape index (κ2) is 13.6. The van der Waals surface area contributed by atoms with E-state index >= 15 is 0 Å². The number of pyridine rings is 1. The zero-order chi connectivity index (χ0) is 37.7. The molecule has 0 aliphatic heterocycles. The van der Waals surface area contributed by atoms with E-state index in [2.05, 4.69) is 210 Å². The summed E-state index contributed by atoms with van der Waals surface area (Å²) in [7, 11) is 0. The van der Waals surface area contributed by atoms with Crippen molar-refractivity contribution in [3.63, 3.8) is 0 Å². The van der Waals surface area contributed by atoms with Gasteiger partial charge in [0.25, 0.3) is 0 Å². The molecule has 0 aliphatic carbocycles. The zero-order valence-corrected chi connectivity index (χ0v) is 31.0. The van der Waals surface area contributed by atoms with Crippen molar-refractivity contribution in [2.24, 2.45) is 0 Å². The average molecular weight is 730 g/mol. The Morgan fingerprint density at radius 3 is 1.58 bits per heavy atom. The summed E-state index contributed by atoms with van der Waals surface area (Å²) in [5.74, 6) is 0. The van der Waals surface area contributed by atoms with Crippen molar-refractivity contribution in [1.29, 1.82) is 0 Å². The summed E-state index contributed by atoms with van der Waals surface area (Å²) in [6.45, 7) is 0. The van der Waals surface area contributed by atoms with Crippen LogP contribution in [0, 0.1) is 0 Å². The van der Waals surface area contributed by atoms with Gasteiger partial charge >= 0.3 is 0 Å². The van der Waals surface area contributed by atoms with Gasteiger partial charge in [-0.2, -0.15) is 0 Å². The second-order valence-electron chi connectivity index (χ2n) is 14.4. The molecular weight excluding hydrogens is 695 g/mol. The number of furan rings is 1. The molecule has 0 N–H and O–H groups in total. The van der Waals surface area contributed by atoms with Gasteiger partial charge in [-0.15, -0.1) is 0 Å². The highest BCUT2D eigenvalue weighted by Crippen LogP contribution is 2.50. The van der Waals surface area contributed by atoms with Crippen LogP contribution in [-0.2, 0) is 0 Å². The van der Waals surface area contributed by atoms with E-state index in [0.717, 1.165) is 72.5 Å². The Kier molecular flexibility index (Phi) is 7.78. The third-order valence-corrected chi connectivity index (χ3v) is 11.0. The molecule has 0 amide bonds. The van der Waals surface area contributed by atoms with E-state index in [0.29, 0.717) is 0 Å². The number of anilines is 6. The maximum Gasteiger partial charge on any atom is 0.161 e. The standard InChI is InChI=1S/C53H35N3O/c1-3-12-36(13-4-1)39-21-25-43(26-22-39)56(45-28-24-38-15-8-10-17-41(38)35-45)50-32-31-49(51-47-29-30-48-46(20-11-33-54-48)52(47)57-53(50)51)55(42-18-5-2-6-19-42)44-27-23-37-14-7-9-16-40(37)34-44/h1-35H. The minimum atomic E-state index is 0.792. The van der Waals surface area contributed by atoms with Gasteiger partial charge in [0.2, 0.25) is 0 Å². The summed E-state index contributed by atoms with van der Waals surface area (Å²) >= 11 is 0. The highest BCUT2D eigenvalue weighted by atomic mass is 16.3. The molecule has 0 fully saturated rings. The lowest BCUT2D eigenvalue weighted by Gasteiger charge is -2.29. The van der Waals surface area contributed by atoms with Crippen molar-refractivity contribution in [3.05, 3.63) is 212 Å². The highest BCUT2D eigenvalue weighted by molar-refractivity contribution is 6.22.